The van der Waals surface area contributed by atoms with Crippen LogP contribution in [0.4, 0.5) is 0 Å². The highest BCUT2D eigenvalue weighted by atomic mass is 15.1. The quantitative estimate of drug-likeness (QED) is 0.776. The number of hydrogen-bond donors (Lipinski definition) is 1. The molecule has 1 aromatic heterocycles. The maximum absolute atomic E-state index is 8.83. The van der Waals surface area contributed by atoms with Crippen LogP contribution in [0.1, 0.15) is 35.5 Å². The highest BCUT2D eigenvalue weighted by Crippen LogP contribution is 2.17. The standard InChI is InChI=1S/C20H20N4/c1-15(23-14-18-5-3-17(13-21)4-6-18)19-7-9-20(10-8-19)24-12-11-22-16(24)2/h3-12,15,23H,14H2,1-2H3/t15-/m0/s1. The van der Waals surface area contributed by atoms with Crippen molar-refractivity contribution in [2.24, 2.45) is 0 Å². The van der Waals surface area contributed by atoms with Gasteiger partial charge in [-0.2, -0.15) is 5.26 Å². The van der Waals surface area contributed by atoms with E-state index in [1.54, 1.807) is 0 Å². The Morgan fingerprint density at radius 2 is 1.83 bits per heavy atom. The molecule has 0 fully saturated rings. The predicted molar refractivity (Wildman–Crippen MR) is 94.7 cm³/mol. The summed E-state index contributed by atoms with van der Waals surface area (Å²) in [5.41, 5.74) is 4.22. The smallest absolute Gasteiger partial charge is 0.110 e. The molecule has 0 bridgehead atoms. The van der Waals surface area contributed by atoms with E-state index in [0.29, 0.717) is 5.56 Å². The molecule has 1 heterocycles. The Labute approximate surface area is 142 Å². The van der Waals surface area contributed by atoms with Gasteiger partial charge in [-0.25, -0.2) is 4.98 Å². The molecule has 0 saturated carbocycles. The fourth-order valence-electron chi connectivity index (χ4n) is 2.66. The summed E-state index contributed by atoms with van der Waals surface area (Å²) in [6, 6.07) is 18.6. The molecule has 0 spiro atoms. The molecule has 0 amide bonds. The lowest BCUT2D eigenvalue weighted by Crippen LogP contribution is -2.18. The molecule has 3 aromatic rings. The summed E-state index contributed by atoms with van der Waals surface area (Å²) in [4.78, 5) is 4.26. The molecule has 4 nitrogen and oxygen atoms in total. The van der Waals surface area contributed by atoms with E-state index in [0.717, 1.165) is 18.1 Å². The first-order valence-electron chi connectivity index (χ1n) is 8.00. The van der Waals surface area contributed by atoms with Crippen LogP contribution in [0.2, 0.25) is 0 Å². The van der Waals surface area contributed by atoms with Gasteiger partial charge >= 0.3 is 0 Å². The van der Waals surface area contributed by atoms with Crippen LogP contribution in [0, 0.1) is 18.3 Å². The van der Waals surface area contributed by atoms with Gasteiger partial charge in [0, 0.05) is 30.7 Å². The number of nitrogens with one attached hydrogen (secondary N) is 1. The minimum Gasteiger partial charge on any atom is -0.306 e. The third-order valence-corrected chi connectivity index (χ3v) is 4.19. The molecule has 0 aliphatic rings. The van der Waals surface area contributed by atoms with Crippen molar-refractivity contribution < 1.29 is 0 Å². The Morgan fingerprint density at radius 3 is 2.42 bits per heavy atom. The van der Waals surface area contributed by atoms with Gasteiger partial charge in [0.2, 0.25) is 0 Å². The van der Waals surface area contributed by atoms with Gasteiger partial charge in [-0.1, -0.05) is 24.3 Å². The van der Waals surface area contributed by atoms with Crippen LogP contribution >= 0.6 is 0 Å². The van der Waals surface area contributed by atoms with E-state index in [1.165, 1.54) is 11.1 Å². The highest BCUT2D eigenvalue weighted by molar-refractivity contribution is 5.37. The van der Waals surface area contributed by atoms with E-state index >= 15 is 0 Å². The van der Waals surface area contributed by atoms with Gasteiger partial charge in [0.25, 0.3) is 0 Å². The number of aryl methyl sites for hydroxylation is 1. The van der Waals surface area contributed by atoms with Crippen LogP contribution in [-0.2, 0) is 6.54 Å². The Bertz CT molecular complexity index is 839. The van der Waals surface area contributed by atoms with Crippen LogP contribution in [-0.4, -0.2) is 9.55 Å². The largest absolute Gasteiger partial charge is 0.306 e. The van der Waals surface area contributed by atoms with Gasteiger partial charge in [-0.05, 0) is 49.2 Å². The second-order valence-corrected chi connectivity index (χ2v) is 5.85. The van der Waals surface area contributed by atoms with Crippen LogP contribution in [0.15, 0.2) is 60.9 Å². The van der Waals surface area contributed by atoms with Crippen molar-refractivity contribution in [3.05, 3.63) is 83.4 Å². The zero-order valence-corrected chi connectivity index (χ0v) is 13.9. The summed E-state index contributed by atoms with van der Waals surface area (Å²) in [6.45, 7) is 4.92. The minimum atomic E-state index is 0.249. The fourth-order valence-corrected chi connectivity index (χ4v) is 2.66. The van der Waals surface area contributed by atoms with Crippen molar-refractivity contribution >= 4 is 0 Å². The third-order valence-electron chi connectivity index (χ3n) is 4.19. The van der Waals surface area contributed by atoms with E-state index < -0.39 is 0 Å². The lowest BCUT2D eigenvalue weighted by molar-refractivity contribution is 0.574. The normalized spacial score (nSPS) is 11.9. The second-order valence-electron chi connectivity index (χ2n) is 5.85. The molecule has 0 aliphatic carbocycles. The average molecular weight is 316 g/mol. The monoisotopic (exact) mass is 316 g/mol. The molecule has 0 unspecified atom stereocenters. The van der Waals surface area contributed by atoms with Crippen molar-refractivity contribution in [3.63, 3.8) is 0 Å². The summed E-state index contributed by atoms with van der Waals surface area (Å²) in [5, 5.41) is 12.3. The molecule has 1 N–H and O–H groups in total. The Kier molecular flexibility index (Phi) is 4.74. The maximum Gasteiger partial charge on any atom is 0.110 e. The third kappa shape index (κ3) is 3.53. The van der Waals surface area contributed by atoms with E-state index in [1.807, 2.05) is 43.6 Å². The fraction of sp³-hybridized carbons (Fsp3) is 0.200. The molecule has 0 saturated heterocycles. The van der Waals surface area contributed by atoms with Crippen LogP contribution in [0.5, 0.6) is 0 Å². The van der Waals surface area contributed by atoms with Crippen LogP contribution < -0.4 is 5.32 Å². The molecular formula is C20H20N4. The van der Waals surface area contributed by atoms with E-state index in [4.69, 9.17) is 5.26 Å². The van der Waals surface area contributed by atoms with Gasteiger partial charge in [-0.15, -0.1) is 0 Å². The van der Waals surface area contributed by atoms with Crippen molar-refractivity contribution in [3.8, 4) is 11.8 Å². The van der Waals surface area contributed by atoms with Gasteiger partial charge in [0.15, 0.2) is 0 Å². The molecule has 0 radical (unpaired) electrons. The van der Waals surface area contributed by atoms with E-state index in [9.17, 15) is 0 Å². The first kappa shape index (κ1) is 16.0. The lowest BCUT2D eigenvalue weighted by atomic mass is 10.1. The minimum absolute atomic E-state index is 0.249. The Morgan fingerprint density at radius 1 is 1.12 bits per heavy atom. The van der Waals surface area contributed by atoms with Crippen molar-refractivity contribution in [2.75, 3.05) is 0 Å². The molecule has 24 heavy (non-hydrogen) atoms. The van der Waals surface area contributed by atoms with Crippen LogP contribution in [0.25, 0.3) is 5.69 Å². The summed E-state index contributed by atoms with van der Waals surface area (Å²) < 4.78 is 2.07. The van der Waals surface area contributed by atoms with E-state index in [-0.39, 0.29) is 6.04 Å². The molecule has 2 aromatic carbocycles. The predicted octanol–water partition coefficient (Wildman–Crippen LogP) is 3.90. The van der Waals surface area contributed by atoms with Gasteiger partial charge in [0.1, 0.15) is 5.82 Å². The first-order valence-corrected chi connectivity index (χ1v) is 8.00. The van der Waals surface area contributed by atoms with Gasteiger partial charge in [-0.3, -0.25) is 0 Å². The average Bonchev–Trinajstić information content (AvgIpc) is 3.06. The van der Waals surface area contributed by atoms with Crippen molar-refractivity contribution in [2.45, 2.75) is 26.4 Å². The second kappa shape index (κ2) is 7.12. The number of imidazole rings is 1. The number of rotatable bonds is 5. The van der Waals surface area contributed by atoms with Crippen LogP contribution in [0.3, 0.4) is 0 Å². The number of aromatic nitrogens is 2. The SMILES string of the molecule is Cc1nccn1-c1ccc([C@H](C)NCc2ccc(C#N)cc2)cc1. The molecule has 4 heteroatoms. The lowest BCUT2D eigenvalue weighted by Gasteiger charge is -2.15. The molecule has 1 atom stereocenters. The summed E-state index contributed by atoms with van der Waals surface area (Å²) in [7, 11) is 0. The van der Waals surface area contributed by atoms with Crippen molar-refractivity contribution in [1.82, 2.24) is 14.9 Å². The number of benzene rings is 2. The van der Waals surface area contributed by atoms with Crippen molar-refractivity contribution in [1.29, 1.82) is 5.26 Å². The molecule has 120 valence electrons. The topological polar surface area (TPSA) is 53.6 Å². The Balaban J connectivity index is 1.63. The highest BCUT2D eigenvalue weighted by Gasteiger charge is 2.06. The zero-order valence-electron chi connectivity index (χ0n) is 13.9. The maximum atomic E-state index is 8.83. The molecule has 0 aliphatic heterocycles. The summed E-state index contributed by atoms with van der Waals surface area (Å²) in [6.07, 6.45) is 3.78. The number of nitriles is 1. The molecule has 3 rings (SSSR count). The number of hydrogen-bond acceptors (Lipinski definition) is 3. The summed E-state index contributed by atoms with van der Waals surface area (Å²) >= 11 is 0. The first-order chi connectivity index (χ1) is 11.7. The summed E-state index contributed by atoms with van der Waals surface area (Å²) in [5.74, 6) is 0.981. The van der Waals surface area contributed by atoms with Gasteiger partial charge in [0.05, 0.1) is 11.6 Å². The Hall–Kier alpha value is -2.90. The number of nitrogens with zero attached hydrogens (tertiary/aromatic N) is 3. The zero-order chi connectivity index (χ0) is 16.9. The molecular weight excluding hydrogens is 296 g/mol. The van der Waals surface area contributed by atoms with Gasteiger partial charge < -0.3 is 9.88 Å². The van der Waals surface area contributed by atoms with E-state index in [2.05, 4.69) is 52.1 Å².